The molecule has 1 aromatic heterocycles. The van der Waals surface area contributed by atoms with Gasteiger partial charge in [-0.2, -0.15) is 0 Å². The van der Waals surface area contributed by atoms with Crippen LogP contribution in [-0.4, -0.2) is 9.97 Å². The predicted octanol–water partition coefficient (Wildman–Crippen LogP) is 1.95. The van der Waals surface area contributed by atoms with Crippen molar-refractivity contribution in [2.75, 3.05) is 0 Å². The lowest BCUT2D eigenvalue weighted by Gasteiger charge is -1.97. The zero-order valence-corrected chi connectivity index (χ0v) is 8.21. The number of hydrogen-bond acceptors (Lipinski definition) is 2. The summed E-state index contributed by atoms with van der Waals surface area (Å²) in [5.74, 6) is 0.865. The van der Waals surface area contributed by atoms with Crippen LogP contribution < -0.4 is 0 Å². The molecule has 0 spiro atoms. The molecule has 3 heteroatoms. The Morgan fingerprint density at radius 1 is 1.50 bits per heavy atom. The van der Waals surface area contributed by atoms with Gasteiger partial charge in [-0.15, -0.1) is 0 Å². The Morgan fingerprint density at radius 3 is 2.70 bits per heavy atom. The Kier molecular flexibility index (Phi) is 2.59. The molecule has 10 heavy (non-hydrogen) atoms. The van der Waals surface area contributed by atoms with Gasteiger partial charge in [0.05, 0.1) is 0 Å². The second-order valence-electron chi connectivity index (χ2n) is 2.08. The van der Waals surface area contributed by atoms with Gasteiger partial charge in [0.2, 0.25) is 0 Å². The van der Waals surface area contributed by atoms with E-state index in [1.807, 2.05) is 13.0 Å². The molecule has 0 unspecified atom stereocenters. The van der Waals surface area contributed by atoms with E-state index < -0.39 is 0 Å². The highest BCUT2D eigenvalue weighted by atomic mass is 127. The topological polar surface area (TPSA) is 25.8 Å². The van der Waals surface area contributed by atoms with Crippen molar-refractivity contribution in [1.29, 1.82) is 0 Å². The summed E-state index contributed by atoms with van der Waals surface area (Å²) in [7, 11) is 0. The van der Waals surface area contributed by atoms with E-state index in [4.69, 9.17) is 0 Å². The molecule has 0 fully saturated rings. The Morgan fingerprint density at radius 2 is 2.20 bits per heavy atom. The number of halogens is 1. The van der Waals surface area contributed by atoms with Crippen LogP contribution in [0.15, 0.2) is 6.07 Å². The Bertz CT molecular complexity index is 215. The monoisotopic (exact) mass is 248 g/mol. The van der Waals surface area contributed by atoms with Gasteiger partial charge < -0.3 is 0 Å². The van der Waals surface area contributed by atoms with E-state index in [0.29, 0.717) is 0 Å². The second-order valence-corrected chi connectivity index (χ2v) is 3.19. The molecule has 0 amide bonds. The van der Waals surface area contributed by atoms with E-state index in [1.165, 1.54) is 0 Å². The van der Waals surface area contributed by atoms with Crippen LogP contribution in [0, 0.1) is 10.6 Å². The molecule has 54 valence electrons. The minimum Gasteiger partial charge on any atom is -0.238 e. The van der Waals surface area contributed by atoms with Crippen LogP contribution in [0.25, 0.3) is 0 Å². The van der Waals surface area contributed by atoms with Gasteiger partial charge >= 0.3 is 0 Å². The fourth-order valence-corrected chi connectivity index (χ4v) is 1.48. The fourth-order valence-electron chi connectivity index (χ4n) is 0.771. The lowest BCUT2D eigenvalue weighted by atomic mass is 10.3. The van der Waals surface area contributed by atoms with Gasteiger partial charge in [-0.05, 0) is 42.0 Å². The molecule has 0 N–H and O–H groups in total. The Balaban J connectivity index is 3.06. The number of rotatable bonds is 1. The van der Waals surface area contributed by atoms with Gasteiger partial charge in [0.15, 0.2) is 0 Å². The molecule has 0 saturated heterocycles. The summed E-state index contributed by atoms with van der Waals surface area (Å²) in [5, 5.41) is 0. The van der Waals surface area contributed by atoms with E-state index in [1.54, 1.807) is 0 Å². The van der Waals surface area contributed by atoms with Crippen molar-refractivity contribution in [3.8, 4) is 0 Å². The van der Waals surface area contributed by atoms with Crippen LogP contribution in [-0.2, 0) is 6.42 Å². The molecule has 0 aromatic carbocycles. The van der Waals surface area contributed by atoms with Gasteiger partial charge in [0.25, 0.3) is 0 Å². The Labute approximate surface area is 74.2 Å². The third-order valence-electron chi connectivity index (χ3n) is 1.22. The number of nitrogens with zero attached hydrogens (tertiary/aromatic N) is 2. The standard InChI is InChI=1S/C7H9IN2/c1-3-6-4-7(8)10-5(2)9-6/h4H,3H2,1-2H3. The predicted molar refractivity (Wildman–Crippen MR) is 48.9 cm³/mol. The van der Waals surface area contributed by atoms with Crippen molar-refractivity contribution >= 4 is 22.6 Å². The SMILES string of the molecule is CCc1cc(I)nc(C)n1. The van der Waals surface area contributed by atoms with Gasteiger partial charge in [0.1, 0.15) is 9.53 Å². The average Bonchev–Trinajstić information content (AvgIpc) is 1.85. The molecule has 0 saturated carbocycles. The van der Waals surface area contributed by atoms with Gasteiger partial charge in [-0.3, -0.25) is 0 Å². The van der Waals surface area contributed by atoms with Crippen molar-refractivity contribution < 1.29 is 0 Å². The number of hydrogen-bond donors (Lipinski definition) is 0. The molecule has 0 atom stereocenters. The largest absolute Gasteiger partial charge is 0.238 e. The van der Waals surface area contributed by atoms with Crippen molar-refractivity contribution in [1.82, 2.24) is 9.97 Å². The molecule has 1 rings (SSSR count). The maximum Gasteiger partial charge on any atom is 0.126 e. The first-order valence-electron chi connectivity index (χ1n) is 3.22. The molecule has 1 heterocycles. The summed E-state index contributed by atoms with van der Waals surface area (Å²) in [4.78, 5) is 8.39. The summed E-state index contributed by atoms with van der Waals surface area (Å²) >= 11 is 2.20. The summed E-state index contributed by atoms with van der Waals surface area (Å²) in [5.41, 5.74) is 1.12. The summed E-state index contributed by atoms with van der Waals surface area (Å²) in [6.07, 6.45) is 0.985. The first-order chi connectivity index (χ1) is 4.72. The van der Waals surface area contributed by atoms with Crippen LogP contribution in [0.5, 0.6) is 0 Å². The van der Waals surface area contributed by atoms with Crippen LogP contribution in [0.1, 0.15) is 18.4 Å². The summed E-state index contributed by atoms with van der Waals surface area (Å²) < 4.78 is 1.03. The van der Waals surface area contributed by atoms with Crippen molar-refractivity contribution in [2.45, 2.75) is 20.3 Å². The van der Waals surface area contributed by atoms with E-state index in [-0.39, 0.29) is 0 Å². The van der Waals surface area contributed by atoms with Crippen LogP contribution in [0.2, 0.25) is 0 Å². The number of aromatic nitrogens is 2. The molecule has 0 aliphatic rings. The van der Waals surface area contributed by atoms with Crippen molar-refractivity contribution in [3.05, 3.63) is 21.3 Å². The smallest absolute Gasteiger partial charge is 0.126 e. The highest BCUT2D eigenvalue weighted by molar-refractivity contribution is 14.1. The van der Waals surface area contributed by atoms with Gasteiger partial charge in [-0.25, -0.2) is 9.97 Å². The molecule has 2 nitrogen and oxygen atoms in total. The van der Waals surface area contributed by atoms with E-state index >= 15 is 0 Å². The lowest BCUT2D eigenvalue weighted by molar-refractivity contribution is 0.936. The van der Waals surface area contributed by atoms with E-state index in [2.05, 4.69) is 39.5 Å². The zero-order valence-electron chi connectivity index (χ0n) is 6.06. The fraction of sp³-hybridized carbons (Fsp3) is 0.429. The van der Waals surface area contributed by atoms with Crippen molar-refractivity contribution in [2.24, 2.45) is 0 Å². The normalized spacial score (nSPS) is 9.90. The summed E-state index contributed by atoms with van der Waals surface area (Å²) in [6.45, 7) is 4.01. The maximum absolute atomic E-state index is 4.24. The third kappa shape index (κ3) is 1.90. The lowest BCUT2D eigenvalue weighted by Crippen LogP contribution is -1.95. The highest BCUT2D eigenvalue weighted by Crippen LogP contribution is 2.03. The maximum atomic E-state index is 4.24. The summed E-state index contributed by atoms with van der Waals surface area (Å²) in [6, 6.07) is 2.01. The molecule has 0 aliphatic heterocycles. The second kappa shape index (κ2) is 3.27. The number of aryl methyl sites for hydroxylation is 2. The molecule has 1 aromatic rings. The minimum atomic E-state index is 0.865. The van der Waals surface area contributed by atoms with Crippen LogP contribution in [0.3, 0.4) is 0 Å². The van der Waals surface area contributed by atoms with E-state index in [0.717, 1.165) is 21.6 Å². The van der Waals surface area contributed by atoms with Crippen molar-refractivity contribution in [3.63, 3.8) is 0 Å². The van der Waals surface area contributed by atoms with Crippen LogP contribution in [0.4, 0.5) is 0 Å². The quantitative estimate of drug-likeness (QED) is 0.560. The minimum absolute atomic E-state index is 0.865. The molecular weight excluding hydrogens is 239 g/mol. The first-order valence-corrected chi connectivity index (χ1v) is 4.30. The van der Waals surface area contributed by atoms with Crippen LogP contribution >= 0.6 is 22.6 Å². The highest BCUT2D eigenvalue weighted by Gasteiger charge is 1.95. The van der Waals surface area contributed by atoms with Gasteiger partial charge in [-0.1, -0.05) is 6.92 Å². The average molecular weight is 248 g/mol. The zero-order chi connectivity index (χ0) is 7.56. The Hall–Kier alpha value is -0.190. The molecule has 0 radical (unpaired) electrons. The first kappa shape index (κ1) is 7.91. The third-order valence-corrected chi connectivity index (χ3v) is 1.77. The van der Waals surface area contributed by atoms with Gasteiger partial charge in [0, 0.05) is 5.69 Å². The molecule has 0 aliphatic carbocycles. The molecule has 0 bridgehead atoms. The molecular formula is C7H9IN2. The van der Waals surface area contributed by atoms with E-state index in [9.17, 15) is 0 Å².